The fourth-order valence-electron chi connectivity index (χ4n) is 2.93. The maximum Gasteiger partial charge on any atom is 0.321 e. The Morgan fingerprint density at radius 1 is 1.16 bits per heavy atom. The smallest absolute Gasteiger partial charge is 0.321 e. The van der Waals surface area contributed by atoms with Crippen molar-refractivity contribution in [1.82, 2.24) is 30.8 Å². The van der Waals surface area contributed by atoms with Crippen LogP contribution in [-0.2, 0) is 4.79 Å². The average Bonchev–Trinajstić information content (AvgIpc) is 3.25. The number of carbonyl (C=O) groups excluding carboxylic acids is 2. The lowest BCUT2D eigenvalue weighted by atomic mass is 10.2. The molecule has 31 heavy (non-hydrogen) atoms. The highest BCUT2D eigenvalue weighted by Gasteiger charge is 2.21. The second-order valence-electron chi connectivity index (χ2n) is 6.70. The first kappa shape index (κ1) is 20.7. The third-order valence-corrected chi connectivity index (χ3v) is 5.35. The number of nitrogens with zero attached hydrogens (tertiary/aromatic N) is 4. The van der Waals surface area contributed by atoms with Crippen LogP contribution in [0.4, 0.5) is 4.79 Å². The Labute approximate surface area is 182 Å². The molecule has 2 N–H and O–H groups in total. The number of aromatic nitrogens is 4. The standard InChI is InChI=1S/C20H20N6O4S/c1-13-6-2-3-7-15(13)26-20(23-24-25-26)31-12-18(27)22-19(28)21-10-14-11-29-16-8-4-5-9-17(16)30-14/h2-9,14H,10-12H2,1H3,(H2,21,22,27,28). The van der Waals surface area contributed by atoms with Crippen LogP contribution in [0.1, 0.15) is 5.56 Å². The predicted molar refractivity (Wildman–Crippen MR) is 113 cm³/mol. The van der Waals surface area contributed by atoms with Crippen LogP contribution < -0.4 is 20.1 Å². The van der Waals surface area contributed by atoms with Crippen molar-refractivity contribution >= 4 is 23.7 Å². The van der Waals surface area contributed by atoms with Gasteiger partial charge in [0.25, 0.3) is 0 Å². The number of tetrazole rings is 1. The first-order valence-electron chi connectivity index (χ1n) is 9.53. The van der Waals surface area contributed by atoms with Gasteiger partial charge in [-0.3, -0.25) is 10.1 Å². The van der Waals surface area contributed by atoms with E-state index in [9.17, 15) is 9.59 Å². The quantitative estimate of drug-likeness (QED) is 0.556. The number of aryl methyl sites for hydroxylation is 1. The van der Waals surface area contributed by atoms with E-state index in [4.69, 9.17) is 9.47 Å². The molecule has 11 heteroatoms. The van der Waals surface area contributed by atoms with E-state index >= 15 is 0 Å². The summed E-state index contributed by atoms with van der Waals surface area (Å²) in [4.78, 5) is 24.2. The molecule has 0 radical (unpaired) electrons. The van der Waals surface area contributed by atoms with Gasteiger partial charge in [-0.05, 0) is 41.1 Å². The number of imide groups is 1. The molecule has 2 heterocycles. The van der Waals surface area contributed by atoms with Crippen LogP contribution in [0.5, 0.6) is 11.5 Å². The number of carbonyl (C=O) groups is 2. The predicted octanol–water partition coefficient (Wildman–Crippen LogP) is 1.73. The number of hydrogen-bond acceptors (Lipinski definition) is 8. The van der Waals surface area contributed by atoms with Gasteiger partial charge in [-0.1, -0.05) is 42.1 Å². The van der Waals surface area contributed by atoms with Crippen LogP contribution in [0, 0.1) is 6.92 Å². The molecule has 1 unspecified atom stereocenters. The third kappa shape index (κ3) is 5.12. The highest BCUT2D eigenvalue weighted by molar-refractivity contribution is 7.99. The molecule has 0 spiro atoms. The van der Waals surface area contributed by atoms with Crippen molar-refractivity contribution in [3.63, 3.8) is 0 Å². The molecular formula is C20H20N6O4S. The molecule has 160 valence electrons. The molecule has 0 saturated heterocycles. The van der Waals surface area contributed by atoms with Gasteiger partial charge < -0.3 is 14.8 Å². The van der Waals surface area contributed by atoms with Gasteiger partial charge in [0, 0.05) is 0 Å². The Morgan fingerprint density at radius 3 is 2.77 bits per heavy atom. The summed E-state index contributed by atoms with van der Waals surface area (Å²) in [7, 11) is 0. The molecule has 4 rings (SSSR count). The van der Waals surface area contributed by atoms with Gasteiger partial charge >= 0.3 is 6.03 Å². The lowest BCUT2D eigenvalue weighted by Crippen LogP contribution is -2.46. The molecule has 1 aliphatic rings. The number of hydrogen-bond donors (Lipinski definition) is 2. The second kappa shape index (κ2) is 9.47. The number of ether oxygens (including phenoxy) is 2. The van der Waals surface area contributed by atoms with Crippen LogP contribution in [-0.4, -0.2) is 57.2 Å². The van der Waals surface area contributed by atoms with Crippen molar-refractivity contribution in [2.45, 2.75) is 18.2 Å². The molecule has 0 fully saturated rings. The number of thioether (sulfide) groups is 1. The van der Waals surface area contributed by atoms with E-state index in [1.54, 1.807) is 10.7 Å². The molecule has 1 aromatic heterocycles. The summed E-state index contributed by atoms with van der Waals surface area (Å²) >= 11 is 1.14. The summed E-state index contributed by atoms with van der Waals surface area (Å²) in [5, 5.41) is 17.0. The summed E-state index contributed by atoms with van der Waals surface area (Å²) < 4.78 is 12.9. The van der Waals surface area contributed by atoms with Crippen molar-refractivity contribution in [1.29, 1.82) is 0 Å². The van der Waals surface area contributed by atoms with Gasteiger partial charge in [-0.15, -0.1) is 5.10 Å². The molecule has 0 aliphatic carbocycles. The zero-order valence-corrected chi connectivity index (χ0v) is 17.5. The summed E-state index contributed by atoms with van der Waals surface area (Å²) in [6.45, 7) is 2.46. The van der Waals surface area contributed by atoms with E-state index in [1.165, 1.54) is 0 Å². The molecule has 3 aromatic rings. The molecule has 2 aromatic carbocycles. The van der Waals surface area contributed by atoms with Crippen LogP contribution in [0.3, 0.4) is 0 Å². The van der Waals surface area contributed by atoms with E-state index in [1.807, 2.05) is 49.4 Å². The monoisotopic (exact) mass is 440 g/mol. The minimum atomic E-state index is -0.605. The maximum atomic E-state index is 12.2. The molecule has 0 saturated carbocycles. The van der Waals surface area contributed by atoms with Crippen LogP contribution in [0.25, 0.3) is 5.69 Å². The maximum absolute atomic E-state index is 12.2. The third-order valence-electron chi connectivity index (χ3n) is 4.43. The summed E-state index contributed by atoms with van der Waals surface area (Å²) in [6, 6.07) is 14.4. The van der Waals surface area contributed by atoms with Crippen molar-refractivity contribution in [2.75, 3.05) is 18.9 Å². The van der Waals surface area contributed by atoms with E-state index < -0.39 is 11.9 Å². The Morgan fingerprint density at radius 2 is 1.94 bits per heavy atom. The Balaban J connectivity index is 1.23. The van der Waals surface area contributed by atoms with Gasteiger partial charge in [-0.2, -0.15) is 4.68 Å². The SMILES string of the molecule is Cc1ccccc1-n1nnnc1SCC(=O)NC(=O)NCC1COc2ccccc2O1. The Kier molecular flexibility index (Phi) is 6.32. The zero-order valence-electron chi connectivity index (χ0n) is 16.6. The zero-order chi connectivity index (χ0) is 21.6. The van der Waals surface area contributed by atoms with E-state index in [-0.39, 0.29) is 18.4 Å². The normalized spacial score (nSPS) is 14.7. The first-order chi connectivity index (χ1) is 15.1. The number of benzene rings is 2. The Hall–Kier alpha value is -3.60. The molecule has 0 bridgehead atoms. The molecule has 1 aliphatic heterocycles. The van der Waals surface area contributed by atoms with Crippen LogP contribution >= 0.6 is 11.8 Å². The van der Waals surface area contributed by atoms with Crippen molar-refractivity contribution in [3.8, 4) is 17.2 Å². The lowest BCUT2D eigenvalue weighted by Gasteiger charge is -2.26. The number of para-hydroxylation sites is 3. The number of urea groups is 1. The minimum Gasteiger partial charge on any atom is -0.486 e. The van der Waals surface area contributed by atoms with E-state index in [2.05, 4.69) is 26.2 Å². The average molecular weight is 440 g/mol. The molecule has 10 nitrogen and oxygen atoms in total. The number of amides is 3. The van der Waals surface area contributed by atoms with Crippen molar-refractivity contribution in [3.05, 3.63) is 54.1 Å². The lowest BCUT2D eigenvalue weighted by molar-refractivity contribution is -0.117. The number of rotatable bonds is 6. The number of nitrogens with one attached hydrogen (secondary N) is 2. The van der Waals surface area contributed by atoms with E-state index in [0.717, 1.165) is 23.0 Å². The molecular weight excluding hydrogens is 420 g/mol. The fraction of sp³-hybridized carbons (Fsp3) is 0.250. The van der Waals surface area contributed by atoms with Crippen LogP contribution in [0.2, 0.25) is 0 Å². The summed E-state index contributed by atoms with van der Waals surface area (Å²) in [5.74, 6) is 0.812. The topological polar surface area (TPSA) is 120 Å². The minimum absolute atomic E-state index is 0.0178. The largest absolute Gasteiger partial charge is 0.486 e. The van der Waals surface area contributed by atoms with Crippen molar-refractivity contribution in [2.24, 2.45) is 0 Å². The Bertz CT molecular complexity index is 1090. The summed E-state index contributed by atoms with van der Waals surface area (Å²) in [5.41, 5.74) is 1.82. The van der Waals surface area contributed by atoms with Gasteiger partial charge in [0.15, 0.2) is 17.6 Å². The van der Waals surface area contributed by atoms with Crippen LogP contribution in [0.15, 0.2) is 53.7 Å². The van der Waals surface area contributed by atoms with Gasteiger partial charge in [0.2, 0.25) is 11.1 Å². The molecule has 3 amide bonds. The second-order valence-corrected chi connectivity index (χ2v) is 7.65. The van der Waals surface area contributed by atoms with E-state index in [0.29, 0.717) is 23.3 Å². The first-order valence-corrected chi connectivity index (χ1v) is 10.5. The van der Waals surface area contributed by atoms with Crippen molar-refractivity contribution < 1.29 is 19.1 Å². The highest BCUT2D eigenvalue weighted by atomic mass is 32.2. The van der Waals surface area contributed by atoms with Gasteiger partial charge in [-0.25, -0.2) is 4.79 Å². The van der Waals surface area contributed by atoms with Gasteiger partial charge in [0.1, 0.15) is 6.61 Å². The molecule has 1 atom stereocenters. The number of fused-ring (bicyclic) bond motifs is 1. The fourth-order valence-corrected chi connectivity index (χ4v) is 3.61. The highest BCUT2D eigenvalue weighted by Crippen LogP contribution is 2.30. The van der Waals surface area contributed by atoms with Gasteiger partial charge in [0.05, 0.1) is 18.0 Å². The summed E-state index contributed by atoms with van der Waals surface area (Å²) in [6.07, 6.45) is -0.344.